The molecular formula is C16H20N4OS. The molecule has 1 aromatic heterocycles. The van der Waals surface area contributed by atoms with Crippen LogP contribution in [0.2, 0.25) is 0 Å². The molecule has 0 unspecified atom stereocenters. The molecule has 0 radical (unpaired) electrons. The van der Waals surface area contributed by atoms with Crippen molar-refractivity contribution in [2.45, 2.75) is 32.6 Å². The normalized spacial score (nSPS) is 14.9. The van der Waals surface area contributed by atoms with Crippen LogP contribution in [0.3, 0.4) is 0 Å². The summed E-state index contributed by atoms with van der Waals surface area (Å²) in [5.41, 5.74) is 2.73. The minimum Gasteiger partial charge on any atom is -0.370 e. The summed E-state index contributed by atoms with van der Waals surface area (Å²) >= 11 is 1.16. The molecule has 1 aliphatic rings. The number of aryl methyl sites for hydroxylation is 1. The van der Waals surface area contributed by atoms with Gasteiger partial charge in [0.2, 0.25) is 0 Å². The van der Waals surface area contributed by atoms with Crippen LogP contribution in [0.1, 0.15) is 41.6 Å². The lowest BCUT2D eigenvalue weighted by Gasteiger charge is -2.30. The van der Waals surface area contributed by atoms with E-state index in [1.54, 1.807) is 0 Å². The Kier molecular flexibility index (Phi) is 4.68. The van der Waals surface area contributed by atoms with E-state index in [1.807, 2.05) is 25.1 Å². The molecule has 3 rings (SSSR count). The minimum absolute atomic E-state index is 0.115. The highest BCUT2D eigenvalue weighted by Gasteiger charge is 2.19. The minimum atomic E-state index is -0.115. The average molecular weight is 316 g/mol. The van der Waals surface area contributed by atoms with Crippen LogP contribution in [0.5, 0.6) is 0 Å². The predicted molar refractivity (Wildman–Crippen MR) is 89.7 cm³/mol. The maximum atomic E-state index is 12.5. The lowest BCUT2D eigenvalue weighted by Crippen LogP contribution is -2.30. The molecule has 0 spiro atoms. The number of nitrogens with one attached hydrogen (secondary N) is 1. The van der Waals surface area contributed by atoms with E-state index in [0.717, 1.165) is 41.7 Å². The number of aromatic nitrogens is 2. The van der Waals surface area contributed by atoms with E-state index in [9.17, 15) is 4.79 Å². The van der Waals surface area contributed by atoms with Crippen molar-refractivity contribution < 1.29 is 4.79 Å². The molecule has 1 N–H and O–H groups in total. The molecule has 1 saturated heterocycles. The maximum Gasteiger partial charge on any atom is 0.269 e. The first-order valence-electron chi connectivity index (χ1n) is 7.76. The van der Waals surface area contributed by atoms with E-state index in [0.29, 0.717) is 11.3 Å². The van der Waals surface area contributed by atoms with Gasteiger partial charge in [-0.15, -0.1) is 5.10 Å². The average Bonchev–Trinajstić information content (AvgIpc) is 3.05. The highest BCUT2D eigenvalue weighted by atomic mass is 32.1. The van der Waals surface area contributed by atoms with Gasteiger partial charge in [0.25, 0.3) is 5.91 Å². The van der Waals surface area contributed by atoms with Crippen molar-refractivity contribution in [1.29, 1.82) is 0 Å². The third kappa shape index (κ3) is 3.11. The van der Waals surface area contributed by atoms with Crippen LogP contribution in [0, 0.1) is 0 Å². The van der Waals surface area contributed by atoms with Crippen molar-refractivity contribution in [3.05, 3.63) is 34.8 Å². The Morgan fingerprint density at radius 2 is 2.05 bits per heavy atom. The van der Waals surface area contributed by atoms with Crippen molar-refractivity contribution in [2.24, 2.45) is 0 Å². The molecule has 6 heteroatoms. The van der Waals surface area contributed by atoms with Crippen molar-refractivity contribution in [3.8, 4) is 0 Å². The van der Waals surface area contributed by atoms with E-state index in [-0.39, 0.29) is 5.91 Å². The Labute approximate surface area is 134 Å². The Hall–Kier alpha value is -1.95. The van der Waals surface area contributed by atoms with Gasteiger partial charge in [-0.3, -0.25) is 4.79 Å². The van der Waals surface area contributed by atoms with E-state index in [2.05, 4.69) is 25.9 Å². The number of rotatable bonds is 4. The van der Waals surface area contributed by atoms with E-state index in [4.69, 9.17) is 0 Å². The molecule has 22 heavy (non-hydrogen) atoms. The van der Waals surface area contributed by atoms with Crippen LogP contribution in [0.25, 0.3) is 0 Å². The highest BCUT2D eigenvalue weighted by molar-refractivity contribution is 7.08. The number of carbonyl (C=O) groups is 1. The van der Waals surface area contributed by atoms with Gasteiger partial charge in [0.15, 0.2) is 0 Å². The topological polar surface area (TPSA) is 58.1 Å². The summed E-state index contributed by atoms with van der Waals surface area (Å²) in [7, 11) is 0. The van der Waals surface area contributed by atoms with Gasteiger partial charge in [0, 0.05) is 13.1 Å². The van der Waals surface area contributed by atoms with Crippen LogP contribution >= 0.6 is 11.5 Å². The van der Waals surface area contributed by atoms with Gasteiger partial charge < -0.3 is 10.2 Å². The second kappa shape index (κ2) is 6.87. The van der Waals surface area contributed by atoms with Gasteiger partial charge in [0.05, 0.1) is 17.1 Å². The SMILES string of the molecule is CCc1nnsc1C(=O)Nc1ccccc1N1CCCCC1. The number of nitrogens with zero attached hydrogens (tertiary/aromatic N) is 3. The molecule has 116 valence electrons. The third-order valence-corrected chi connectivity index (χ3v) is 4.71. The quantitative estimate of drug-likeness (QED) is 0.940. The number of anilines is 2. The van der Waals surface area contributed by atoms with Crippen LogP contribution in [0.4, 0.5) is 11.4 Å². The van der Waals surface area contributed by atoms with Gasteiger partial charge in [-0.2, -0.15) is 0 Å². The molecule has 0 aliphatic carbocycles. The molecule has 1 amide bonds. The van der Waals surface area contributed by atoms with Gasteiger partial charge in [-0.05, 0) is 49.3 Å². The molecule has 0 atom stereocenters. The van der Waals surface area contributed by atoms with E-state index < -0.39 is 0 Å². The summed E-state index contributed by atoms with van der Waals surface area (Å²) in [5, 5.41) is 7.04. The number of piperidine rings is 1. The highest BCUT2D eigenvalue weighted by Crippen LogP contribution is 2.29. The summed E-state index contributed by atoms with van der Waals surface area (Å²) in [5.74, 6) is -0.115. The molecule has 0 saturated carbocycles. The molecule has 1 aliphatic heterocycles. The summed E-state index contributed by atoms with van der Waals surface area (Å²) < 4.78 is 3.89. The molecule has 1 fully saturated rings. The fourth-order valence-electron chi connectivity index (χ4n) is 2.78. The number of hydrogen-bond acceptors (Lipinski definition) is 5. The van der Waals surface area contributed by atoms with Crippen LogP contribution in [0.15, 0.2) is 24.3 Å². The number of benzene rings is 1. The second-order valence-electron chi connectivity index (χ2n) is 5.42. The van der Waals surface area contributed by atoms with Crippen molar-refractivity contribution >= 4 is 28.8 Å². The summed E-state index contributed by atoms with van der Waals surface area (Å²) in [6.07, 6.45) is 4.42. The number of amides is 1. The first kappa shape index (κ1) is 15.0. The van der Waals surface area contributed by atoms with Gasteiger partial charge in [-0.25, -0.2) is 0 Å². The summed E-state index contributed by atoms with van der Waals surface area (Å²) in [4.78, 5) is 15.5. The van der Waals surface area contributed by atoms with Crippen LogP contribution < -0.4 is 10.2 Å². The van der Waals surface area contributed by atoms with Crippen molar-refractivity contribution in [2.75, 3.05) is 23.3 Å². The van der Waals surface area contributed by atoms with Gasteiger partial charge >= 0.3 is 0 Å². The number of hydrogen-bond donors (Lipinski definition) is 1. The first-order chi connectivity index (χ1) is 10.8. The standard InChI is InChI=1S/C16H20N4OS/c1-2-12-15(22-19-18-12)16(21)17-13-8-4-5-9-14(13)20-10-6-3-7-11-20/h4-5,8-9H,2-3,6-7,10-11H2,1H3,(H,17,21). The summed E-state index contributed by atoms with van der Waals surface area (Å²) in [6.45, 7) is 4.08. The lowest BCUT2D eigenvalue weighted by atomic mass is 10.1. The fourth-order valence-corrected chi connectivity index (χ4v) is 3.43. The maximum absolute atomic E-state index is 12.5. The Bertz CT molecular complexity index is 649. The molecule has 5 nitrogen and oxygen atoms in total. The Balaban J connectivity index is 1.81. The van der Waals surface area contributed by atoms with Crippen molar-refractivity contribution in [3.63, 3.8) is 0 Å². The number of carbonyl (C=O) groups excluding carboxylic acids is 1. The Morgan fingerprint density at radius 1 is 1.27 bits per heavy atom. The molecule has 1 aromatic carbocycles. The smallest absolute Gasteiger partial charge is 0.269 e. The van der Waals surface area contributed by atoms with E-state index in [1.165, 1.54) is 19.3 Å². The molecule has 2 heterocycles. The van der Waals surface area contributed by atoms with E-state index >= 15 is 0 Å². The molecule has 2 aromatic rings. The zero-order valence-corrected chi connectivity index (χ0v) is 13.5. The Morgan fingerprint density at radius 3 is 2.82 bits per heavy atom. The predicted octanol–water partition coefficient (Wildman–Crippen LogP) is 3.34. The number of para-hydroxylation sites is 2. The summed E-state index contributed by atoms with van der Waals surface area (Å²) in [6, 6.07) is 8.01. The van der Waals surface area contributed by atoms with Gasteiger partial charge in [0.1, 0.15) is 4.88 Å². The first-order valence-corrected chi connectivity index (χ1v) is 8.53. The zero-order valence-electron chi connectivity index (χ0n) is 12.7. The lowest BCUT2D eigenvalue weighted by molar-refractivity contribution is 0.102. The monoisotopic (exact) mass is 316 g/mol. The third-order valence-electron chi connectivity index (χ3n) is 3.95. The zero-order chi connectivity index (χ0) is 15.4. The van der Waals surface area contributed by atoms with Crippen molar-refractivity contribution in [1.82, 2.24) is 9.59 Å². The second-order valence-corrected chi connectivity index (χ2v) is 6.18. The van der Waals surface area contributed by atoms with Crippen LogP contribution in [-0.2, 0) is 6.42 Å². The fraction of sp³-hybridized carbons (Fsp3) is 0.438. The molecule has 0 bridgehead atoms. The van der Waals surface area contributed by atoms with Crippen LogP contribution in [-0.4, -0.2) is 28.6 Å². The largest absolute Gasteiger partial charge is 0.370 e. The van der Waals surface area contributed by atoms with Gasteiger partial charge in [-0.1, -0.05) is 23.5 Å². The molecular weight excluding hydrogens is 296 g/mol.